The highest BCUT2D eigenvalue weighted by Crippen LogP contribution is 2.32. The molecule has 3 aromatic carbocycles. The predicted octanol–water partition coefficient (Wildman–Crippen LogP) is 5.68. The number of halogens is 1. The normalized spacial score (nSPS) is 16.3. The molecule has 0 radical (unpaired) electrons. The first-order valence-corrected chi connectivity index (χ1v) is 13.5. The third-order valence-corrected chi connectivity index (χ3v) is 7.57. The number of thioether (sulfide) groups is 1. The predicted molar refractivity (Wildman–Crippen MR) is 154 cm³/mol. The molecule has 1 aliphatic rings. The van der Waals surface area contributed by atoms with Crippen molar-refractivity contribution in [2.75, 3.05) is 33.2 Å². The van der Waals surface area contributed by atoms with E-state index in [-0.39, 0.29) is 18.2 Å². The second-order valence-electron chi connectivity index (χ2n) is 8.39. The van der Waals surface area contributed by atoms with Crippen LogP contribution in [-0.2, 0) is 16.0 Å². The van der Waals surface area contributed by atoms with E-state index in [1.165, 1.54) is 11.8 Å². The van der Waals surface area contributed by atoms with Crippen molar-refractivity contribution in [1.29, 1.82) is 0 Å². The number of rotatable bonds is 9. The van der Waals surface area contributed by atoms with Gasteiger partial charge in [-0.05, 0) is 66.6 Å². The number of amides is 2. The summed E-state index contributed by atoms with van der Waals surface area (Å²) >= 11 is 4.70. The van der Waals surface area contributed by atoms with Gasteiger partial charge in [-0.3, -0.25) is 14.5 Å². The van der Waals surface area contributed by atoms with Crippen LogP contribution in [0.25, 0.3) is 0 Å². The van der Waals surface area contributed by atoms with Gasteiger partial charge in [-0.25, -0.2) is 4.99 Å². The van der Waals surface area contributed by atoms with E-state index in [1.54, 1.807) is 44.4 Å². The summed E-state index contributed by atoms with van der Waals surface area (Å²) in [5, 5.41) is 2.77. The maximum atomic E-state index is 13.3. The summed E-state index contributed by atoms with van der Waals surface area (Å²) in [4.78, 5) is 32.8. The number of hydrogen-bond acceptors (Lipinski definition) is 7. The fraction of sp³-hybridized carbons (Fsp3) is 0.250. The maximum absolute atomic E-state index is 13.3. The van der Waals surface area contributed by atoms with Crippen molar-refractivity contribution in [3.8, 4) is 17.2 Å². The Hall–Kier alpha value is -3.50. The summed E-state index contributed by atoms with van der Waals surface area (Å²) in [5.74, 6) is 1.56. The highest BCUT2D eigenvalue weighted by molar-refractivity contribution is 9.10. The molecule has 38 heavy (non-hydrogen) atoms. The molecule has 8 nitrogen and oxygen atoms in total. The van der Waals surface area contributed by atoms with Crippen LogP contribution in [0.5, 0.6) is 17.2 Å². The van der Waals surface area contributed by atoms with Crippen LogP contribution in [0.15, 0.2) is 76.2 Å². The number of amidine groups is 1. The molecule has 1 heterocycles. The van der Waals surface area contributed by atoms with Crippen LogP contribution < -0.4 is 19.5 Å². The molecule has 3 aromatic rings. The van der Waals surface area contributed by atoms with Crippen LogP contribution in [0, 0.1) is 0 Å². The maximum Gasteiger partial charge on any atom is 0.238 e. The van der Waals surface area contributed by atoms with Crippen molar-refractivity contribution in [3.05, 3.63) is 76.8 Å². The molecule has 0 aliphatic carbocycles. The lowest BCUT2D eigenvalue weighted by Gasteiger charge is -2.32. The molecule has 0 aromatic heterocycles. The first-order chi connectivity index (χ1) is 18.4. The van der Waals surface area contributed by atoms with Gasteiger partial charge < -0.3 is 19.5 Å². The van der Waals surface area contributed by atoms with Gasteiger partial charge in [0.25, 0.3) is 0 Å². The Bertz CT molecular complexity index is 1330. The van der Waals surface area contributed by atoms with Crippen molar-refractivity contribution in [2.45, 2.75) is 18.1 Å². The molecule has 0 saturated carbocycles. The smallest absolute Gasteiger partial charge is 0.238 e. The molecular weight excluding hydrogens is 570 g/mol. The Morgan fingerprint density at radius 3 is 2.47 bits per heavy atom. The largest absolute Gasteiger partial charge is 0.497 e. The second kappa shape index (κ2) is 12.8. The molecule has 0 unspecified atom stereocenters. The lowest BCUT2D eigenvalue weighted by Crippen LogP contribution is -2.46. The summed E-state index contributed by atoms with van der Waals surface area (Å²) < 4.78 is 16.8. The molecule has 1 aliphatic heterocycles. The van der Waals surface area contributed by atoms with Crippen molar-refractivity contribution in [2.24, 2.45) is 4.99 Å². The first kappa shape index (κ1) is 27.5. The fourth-order valence-electron chi connectivity index (χ4n) is 3.89. The highest BCUT2D eigenvalue weighted by Gasteiger charge is 2.36. The second-order valence-corrected chi connectivity index (χ2v) is 10.5. The van der Waals surface area contributed by atoms with Gasteiger partial charge in [0, 0.05) is 23.1 Å². The quantitative estimate of drug-likeness (QED) is 0.341. The summed E-state index contributed by atoms with van der Waals surface area (Å²) in [6.45, 7) is 0.399. The van der Waals surface area contributed by atoms with Gasteiger partial charge in [0.15, 0.2) is 16.7 Å². The van der Waals surface area contributed by atoms with Crippen LogP contribution in [0.4, 0.5) is 11.4 Å². The number of anilines is 1. The van der Waals surface area contributed by atoms with Gasteiger partial charge in [0.2, 0.25) is 11.8 Å². The molecule has 0 bridgehead atoms. The number of ether oxygens (including phenoxy) is 3. The summed E-state index contributed by atoms with van der Waals surface area (Å²) in [5.41, 5.74) is 2.30. The number of benzene rings is 3. The minimum Gasteiger partial charge on any atom is -0.497 e. The third-order valence-electron chi connectivity index (χ3n) is 5.89. The van der Waals surface area contributed by atoms with Gasteiger partial charge in [0.1, 0.15) is 11.0 Å². The van der Waals surface area contributed by atoms with Crippen molar-refractivity contribution < 1.29 is 23.8 Å². The number of nitrogens with one attached hydrogen (secondary N) is 1. The minimum absolute atomic E-state index is 0.0675. The summed E-state index contributed by atoms with van der Waals surface area (Å²) in [6.07, 6.45) is 0.640. The Morgan fingerprint density at radius 1 is 1.03 bits per heavy atom. The lowest BCUT2D eigenvalue weighted by molar-refractivity contribution is -0.129. The standard InChI is InChI=1S/C28H28BrN3O5S/c1-35-22-10-8-20(9-11-22)31-28-32(14-13-18-7-12-23(36-2)24(15-18)37-3)26(33)17-25(38-28)27(34)30-21-6-4-5-19(29)16-21/h4-12,15-16,25H,13-14,17H2,1-3H3,(H,30,34)/t25-/m1/s1. The Kier molecular flexibility index (Phi) is 9.30. The highest BCUT2D eigenvalue weighted by atomic mass is 79.9. The Balaban J connectivity index is 1.56. The van der Waals surface area contributed by atoms with Crippen LogP contribution in [-0.4, -0.2) is 55.0 Å². The van der Waals surface area contributed by atoms with E-state index in [0.29, 0.717) is 46.8 Å². The summed E-state index contributed by atoms with van der Waals surface area (Å²) in [7, 11) is 4.78. The molecule has 1 atom stereocenters. The number of carbonyl (C=O) groups is 2. The number of carbonyl (C=O) groups excluding carboxylic acids is 2. The zero-order valence-corrected chi connectivity index (χ0v) is 23.7. The topological polar surface area (TPSA) is 89.5 Å². The summed E-state index contributed by atoms with van der Waals surface area (Å²) in [6, 6.07) is 20.3. The van der Waals surface area contributed by atoms with Crippen LogP contribution in [0.1, 0.15) is 12.0 Å². The van der Waals surface area contributed by atoms with Crippen LogP contribution in [0.2, 0.25) is 0 Å². The molecule has 1 saturated heterocycles. The van der Waals surface area contributed by atoms with Gasteiger partial charge in [-0.1, -0.05) is 39.8 Å². The SMILES string of the molecule is COc1ccc(N=C2S[C@@H](C(=O)Nc3cccc(Br)c3)CC(=O)N2CCc2ccc(OC)c(OC)c2)cc1. The Labute approximate surface area is 234 Å². The zero-order chi connectivity index (χ0) is 27.1. The van der Waals surface area contributed by atoms with E-state index in [4.69, 9.17) is 19.2 Å². The van der Waals surface area contributed by atoms with Gasteiger partial charge in [-0.2, -0.15) is 0 Å². The van der Waals surface area contributed by atoms with E-state index in [2.05, 4.69) is 21.2 Å². The van der Waals surface area contributed by atoms with Crippen LogP contribution in [0.3, 0.4) is 0 Å². The number of nitrogens with zero attached hydrogens (tertiary/aromatic N) is 2. The molecule has 2 amide bonds. The van der Waals surface area contributed by atoms with Crippen LogP contribution >= 0.6 is 27.7 Å². The molecule has 10 heteroatoms. The average molecular weight is 599 g/mol. The fourth-order valence-corrected chi connectivity index (χ4v) is 5.42. The molecule has 1 fully saturated rings. The monoisotopic (exact) mass is 597 g/mol. The lowest BCUT2D eigenvalue weighted by atomic mass is 10.1. The van der Waals surface area contributed by atoms with E-state index < -0.39 is 5.25 Å². The first-order valence-electron chi connectivity index (χ1n) is 11.9. The minimum atomic E-state index is -0.615. The van der Waals surface area contributed by atoms with Gasteiger partial charge >= 0.3 is 0 Å². The van der Waals surface area contributed by atoms with Gasteiger partial charge in [0.05, 0.1) is 27.0 Å². The average Bonchev–Trinajstić information content (AvgIpc) is 2.92. The van der Waals surface area contributed by atoms with E-state index in [0.717, 1.165) is 10.0 Å². The molecule has 1 N–H and O–H groups in total. The zero-order valence-electron chi connectivity index (χ0n) is 21.3. The van der Waals surface area contributed by atoms with Crippen molar-refractivity contribution in [3.63, 3.8) is 0 Å². The van der Waals surface area contributed by atoms with E-state index in [9.17, 15) is 9.59 Å². The molecule has 198 valence electrons. The number of hydrogen-bond donors (Lipinski definition) is 1. The number of aliphatic imine (C=N–C) groups is 1. The van der Waals surface area contributed by atoms with E-state index in [1.807, 2.05) is 48.5 Å². The third kappa shape index (κ3) is 6.87. The van der Waals surface area contributed by atoms with Gasteiger partial charge in [-0.15, -0.1) is 0 Å². The van der Waals surface area contributed by atoms with E-state index >= 15 is 0 Å². The molecular formula is C28H28BrN3O5S. The number of methoxy groups -OCH3 is 3. The molecule has 4 rings (SSSR count). The van der Waals surface area contributed by atoms with Crippen molar-refractivity contribution in [1.82, 2.24) is 4.90 Å². The Morgan fingerprint density at radius 2 is 1.79 bits per heavy atom. The molecule has 0 spiro atoms. The van der Waals surface area contributed by atoms with Crippen molar-refractivity contribution >= 4 is 56.0 Å².